The van der Waals surface area contributed by atoms with Gasteiger partial charge in [0, 0.05) is 6.07 Å². The van der Waals surface area contributed by atoms with Gasteiger partial charge in [-0.3, -0.25) is 4.79 Å². The standard InChI is InChI=1S/C23H26N2O6/c1-23(2,3)31-21(26)10-14-7-8-17(18(9-14)27-4)30-22-15-11-19(28-5)20(29-6)12-16(15)24-13-25-22/h7-9,11-13H,10H2,1-6H3. The van der Waals surface area contributed by atoms with Crippen LogP contribution in [-0.2, 0) is 16.0 Å². The SMILES string of the molecule is COc1cc2ncnc(Oc3ccc(CC(=O)OC(C)(C)C)cc3OC)c2cc1OC. The van der Waals surface area contributed by atoms with E-state index in [1.807, 2.05) is 20.8 Å². The van der Waals surface area contributed by atoms with Crippen LogP contribution in [0.3, 0.4) is 0 Å². The number of carbonyl (C=O) groups excluding carboxylic acids is 1. The maximum Gasteiger partial charge on any atom is 0.310 e. The molecule has 0 saturated carbocycles. The highest BCUT2D eigenvalue weighted by Crippen LogP contribution is 2.38. The third-order valence-electron chi connectivity index (χ3n) is 4.31. The number of hydrogen-bond donors (Lipinski definition) is 0. The Morgan fingerprint density at radius 2 is 1.52 bits per heavy atom. The van der Waals surface area contributed by atoms with Crippen molar-refractivity contribution < 1.29 is 28.5 Å². The molecular formula is C23H26N2O6. The fourth-order valence-electron chi connectivity index (χ4n) is 3.00. The molecule has 164 valence electrons. The number of carbonyl (C=O) groups is 1. The minimum atomic E-state index is -0.540. The molecule has 0 unspecified atom stereocenters. The first-order chi connectivity index (χ1) is 14.7. The number of fused-ring (bicyclic) bond motifs is 1. The van der Waals surface area contributed by atoms with Crippen molar-refractivity contribution in [2.45, 2.75) is 32.8 Å². The van der Waals surface area contributed by atoms with Gasteiger partial charge in [-0.25, -0.2) is 9.97 Å². The first kappa shape index (κ1) is 22.1. The quantitative estimate of drug-likeness (QED) is 0.516. The zero-order valence-corrected chi connectivity index (χ0v) is 18.5. The number of nitrogens with zero attached hydrogens (tertiary/aromatic N) is 2. The predicted octanol–water partition coefficient (Wildman–Crippen LogP) is 4.33. The molecule has 8 heteroatoms. The van der Waals surface area contributed by atoms with Crippen LogP contribution in [0.25, 0.3) is 10.9 Å². The topological polar surface area (TPSA) is 89.0 Å². The summed E-state index contributed by atoms with van der Waals surface area (Å²) in [6.45, 7) is 5.50. The lowest BCUT2D eigenvalue weighted by Gasteiger charge is -2.19. The molecule has 3 rings (SSSR count). The zero-order valence-electron chi connectivity index (χ0n) is 18.5. The molecule has 0 aliphatic carbocycles. The highest BCUT2D eigenvalue weighted by atomic mass is 16.6. The summed E-state index contributed by atoms with van der Waals surface area (Å²) in [6.07, 6.45) is 1.54. The minimum Gasteiger partial charge on any atom is -0.493 e. The van der Waals surface area contributed by atoms with Crippen LogP contribution in [0, 0.1) is 0 Å². The third-order valence-corrected chi connectivity index (χ3v) is 4.31. The summed E-state index contributed by atoms with van der Waals surface area (Å²) in [6, 6.07) is 8.77. The number of methoxy groups -OCH3 is 3. The molecule has 8 nitrogen and oxygen atoms in total. The number of esters is 1. The van der Waals surface area contributed by atoms with E-state index in [1.165, 1.54) is 13.4 Å². The van der Waals surface area contributed by atoms with Gasteiger partial charge in [0.1, 0.15) is 11.9 Å². The van der Waals surface area contributed by atoms with Crippen molar-refractivity contribution in [3.8, 4) is 28.9 Å². The molecule has 0 bridgehead atoms. The largest absolute Gasteiger partial charge is 0.493 e. The second-order valence-electron chi connectivity index (χ2n) is 7.75. The fourth-order valence-corrected chi connectivity index (χ4v) is 3.00. The second-order valence-corrected chi connectivity index (χ2v) is 7.75. The molecule has 2 aromatic carbocycles. The number of rotatable bonds is 7. The average molecular weight is 426 g/mol. The van der Waals surface area contributed by atoms with E-state index in [4.69, 9.17) is 23.7 Å². The van der Waals surface area contributed by atoms with Crippen LogP contribution in [0.15, 0.2) is 36.7 Å². The van der Waals surface area contributed by atoms with Crippen LogP contribution in [0.1, 0.15) is 26.3 Å². The van der Waals surface area contributed by atoms with Gasteiger partial charge in [-0.1, -0.05) is 6.07 Å². The van der Waals surface area contributed by atoms with Gasteiger partial charge >= 0.3 is 5.97 Å². The Labute approximate surface area is 181 Å². The molecule has 3 aromatic rings. The third kappa shape index (κ3) is 5.33. The summed E-state index contributed by atoms with van der Waals surface area (Å²) in [5, 5.41) is 0.653. The van der Waals surface area contributed by atoms with Crippen molar-refractivity contribution in [1.29, 1.82) is 0 Å². The van der Waals surface area contributed by atoms with Gasteiger partial charge in [0.05, 0.1) is 38.7 Å². The van der Waals surface area contributed by atoms with Gasteiger partial charge in [0.15, 0.2) is 23.0 Å². The highest BCUT2D eigenvalue weighted by Gasteiger charge is 2.18. The number of benzene rings is 2. The molecule has 1 aromatic heterocycles. The Kier molecular flexibility index (Phi) is 6.48. The summed E-state index contributed by atoms with van der Waals surface area (Å²) in [4.78, 5) is 20.7. The van der Waals surface area contributed by atoms with Crippen molar-refractivity contribution in [3.63, 3.8) is 0 Å². The summed E-state index contributed by atoms with van der Waals surface area (Å²) in [5.74, 6) is 2.03. The molecule has 0 aliphatic rings. The molecule has 31 heavy (non-hydrogen) atoms. The van der Waals surface area contributed by atoms with E-state index in [0.717, 1.165) is 5.56 Å². The summed E-state index contributed by atoms with van der Waals surface area (Å²) in [5.41, 5.74) is 0.850. The number of ether oxygens (including phenoxy) is 5. The van der Waals surface area contributed by atoms with E-state index >= 15 is 0 Å². The first-order valence-corrected chi connectivity index (χ1v) is 9.67. The summed E-state index contributed by atoms with van der Waals surface area (Å²) >= 11 is 0. The van der Waals surface area contributed by atoms with E-state index in [9.17, 15) is 4.79 Å². The molecule has 0 saturated heterocycles. The smallest absolute Gasteiger partial charge is 0.310 e. The molecule has 0 amide bonds. The Hall–Kier alpha value is -3.55. The van der Waals surface area contributed by atoms with Gasteiger partial charge in [0.2, 0.25) is 5.88 Å². The molecule has 0 fully saturated rings. The maximum absolute atomic E-state index is 12.1. The van der Waals surface area contributed by atoms with E-state index in [2.05, 4.69) is 9.97 Å². The van der Waals surface area contributed by atoms with Crippen molar-refractivity contribution in [2.75, 3.05) is 21.3 Å². The lowest BCUT2D eigenvalue weighted by atomic mass is 10.1. The van der Waals surface area contributed by atoms with Crippen molar-refractivity contribution >= 4 is 16.9 Å². The van der Waals surface area contributed by atoms with Crippen molar-refractivity contribution in [2.24, 2.45) is 0 Å². The van der Waals surface area contributed by atoms with Crippen molar-refractivity contribution in [1.82, 2.24) is 9.97 Å². The van der Waals surface area contributed by atoms with Crippen LogP contribution in [0.2, 0.25) is 0 Å². The molecule has 1 heterocycles. The van der Waals surface area contributed by atoms with Gasteiger partial charge in [0.25, 0.3) is 0 Å². The Morgan fingerprint density at radius 3 is 2.16 bits per heavy atom. The average Bonchev–Trinajstić information content (AvgIpc) is 2.72. The predicted molar refractivity (Wildman–Crippen MR) is 115 cm³/mol. The molecular weight excluding hydrogens is 400 g/mol. The number of hydrogen-bond acceptors (Lipinski definition) is 8. The van der Waals surface area contributed by atoms with Crippen LogP contribution in [0.5, 0.6) is 28.9 Å². The molecule has 0 spiro atoms. The van der Waals surface area contributed by atoms with E-state index < -0.39 is 5.60 Å². The lowest BCUT2D eigenvalue weighted by Crippen LogP contribution is -2.24. The first-order valence-electron chi connectivity index (χ1n) is 9.67. The lowest BCUT2D eigenvalue weighted by molar-refractivity contribution is -0.153. The Bertz CT molecular complexity index is 1090. The van der Waals surface area contributed by atoms with Crippen LogP contribution in [0.4, 0.5) is 0 Å². The summed E-state index contributed by atoms with van der Waals surface area (Å²) in [7, 11) is 4.65. The van der Waals surface area contributed by atoms with E-state index in [1.54, 1.807) is 44.6 Å². The fraction of sp³-hybridized carbons (Fsp3) is 0.348. The van der Waals surface area contributed by atoms with Crippen LogP contribution >= 0.6 is 0 Å². The van der Waals surface area contributed by atoms with Crippen molar-refractivity contribution in [3.05, 3.63) is 42.2 Å². The maximum atomic E-state index is 12.1. The Balaban J connectivity index is 1.90. The number of aromatic nitrogens is 2. The molecule has 0 radical (unpaired) electrons. The van der Waals surface area contributed by atoms with Crippen LogP contribution < -0.4 is 18.9 Å². The molecule has 0 atom stereocenters. The zero-order chi connectivity index (χ0) is 22.6. The molecule has 0 N–H and O–H groups in total. The molecule has 0 aliphatic heterocycles. The Morgan fingerprint density at radius 1 is 0.871 bits per heavy atom. The van der Waals surface area contributed by atoms with Gasteiger partial charge in [-0.2, -0.15) is 0 Å². The van der Waals surface area contributed by atoms with Gasteiger partial charge in [-0.05, 0) is 44.5 Å². The summed E-state index contributed by atoms with van der Waals surface area (Å²) < 4.78 is 27.6. The second kappa shape index (κ2) is 9.07. The van der Waals surface area contributed by atoms with E-state index in [-0.39, 0.29) is 12.4 Å². The van der Waals surface area contributed by atoms with Gasteiger partial charge in [-0.15, -0.1) is 0 Å². The van der Waals surface area contributed by atoms with E-state index in [0.29, 0.717) is 39.8 Å². The van der Waals surface area contributed by atoms with Crippen LogP contribution in [-0.4, -0.2) is 42.9 Å². The minimum absolute atomic E-state index is 0.126. The highest BCUT2D eigenvalue weighted by molar-refractivity contribution is 5.87. The van der Waals surface area contributed by atoms with Gasteiger partial charge < -0.3 is 23.7 Å². The monoisotopic (exact) mass is 426 g/mol. The normalized spacial score (nSPS) is 11.2.